The summed E-state index contributed by atoms with van der Waals surface area (Å²) in [5.74, 6) is 0.473. The van der Waals surface area contributed by atoms with Crippen LogP contribution in [0.1, 0.15) is 12.5 Å². The zero-order valence-corrected chi connectivity index (χ0v) is 10.5. The monoisotopic (exact) mass is 267 g/mol. The molecule has 2 nitrogen and oxygen atoms in total. The summed E-state index contributed by atoms with van der Waals surface area (Å²) in [6, 6.07) is 8.13. The predicted octanol–water partition coefficient (Wildman–Crippen LogP) is 4.11. The van der Waals surface area contributed by atoms with Gasteiger partial charge in [0.2, 0.25) is 0 Å². The molecule has 0 saturated carbocycles. The van der Waals surface area contributed by atoms with E-state index in [0.717, 1.165) is 0 Å². The van der Waals surface area contributed by atoms with Gasteiger partial charge in [0, 0.05) is 11.6 Å². The second-order valence-corrected chi connectivity index (χ2v) is 3.75. The number of rotatable bonds is 3. The summed E-state index contributed by atoms with van der Waals surface area (Å²) in [6.45, 7) is 1.31. The molecule has 0 aromatic heterocycles. The number of nitrogens with zero attached hydrogens (tertiary/aromatic N) is 1. The van der Waals surface area contributed by atoms with Crippen LogP contribution in [-0.2, 0) is 0 Å². The molecule has 100 valence electrons. The van der Waals surface area contributed by atoms with Crippen molar-refractivity contribution in [1.29, 1.82) is 5.26 Å². The number of allylic oxidation sites excluding steroid dienone is 3. The Hall–Kier alpha value is -2.22. The molecule has 0 N–H and O–H groups in total. The summed E-state index contributed by atoms with van der Waals surface area (Å²) < 4.78 is 43.3. The van der Waals surface area contributed by atoms with E-state index in [2.05, 4.69) is 0 Å². The molecule has 0 amide bonds. The zero-order chi connectivity index (χ0) is 14.5. The Kier molecular flexibility index (Phi) is 4.76. The lowest BCUT2D eigenvalue weighted by Gasteiger charge is -2.12. The maximum absolute atomic E-state index is 12.8. The van der Waals surface area contributed by atoms with Crippen molar-refractivity contribution >= 4 is 6.08 Å². The number of hydrogen-bond donors (Lipinski definition) is 0. The number of nitriles is 1. The molecule has 0 aliphatic carbocycles. The molecule has 5 heteroatoms. The predicted molar refractivity (Wildman–Crippen MR) is 66.4 cm³/mol. The summed E-state index contributed by atoms with van der Waals surface area (Å²) in [4.78, 5) is 0. The number of ether oxygens (including phenoxy) is 1. The van der Waals surface area contributed by atoms with Gasteiger partial charge in [-0.15, -0.1) is 0 Å². The Balaban J connectivity index is 3.24. The van der Waals surface area contributed by atoms with Crippen LogP contribution >= 0.6 is 0 Å². The van der Waals surface area contributed by atoms with E-state index in [1.54, 1.807) is 24.3 Å². The third-order valence-electron chi connectivity index (χ3n) is 2.45. The minimum absolute atomic E-state index is 0.0430. The Morgan fingerprint density at radius 3 is 2.47 bits per heavy atom. The standard InChI is InChI=1S/C14H12F3NO/c1-10(12(7-8-18)14(15,16)17)9-11-5-3-4-6-13(11)19-2/h3-7,9H,1-2H3/b10-9+,12-7-. The molecule has 0 saturated heterocycles. The SMILES string of the molecule is COc1ccccc1/C=C(C)/C(=C/C#N)C(F)(F)F. The highest BCUT2D eigenvalue weighted by Crippen LogP contribution is 2.32. The molecule has 0 aliphatic heterocycles. The van der Waals surface area contributed by atoms with E-state index in [4.69, 9.17) is 10.00 Å². The molecule has 1 aromatic rings. The fourth-order valence-electron chi connectivity index (χ4n) is 1.58. The van der Waals surface area contributed by atoms with Crippen molar-refractivity contribution in [2.45, 2.75) is 13.1 Å². The van der Waals surface area contributed by atoms with Crippen LogP contribution in [0.5, 0.6) is 5.75 Å². The lowest BCUT2D eigenvalue weighted by Crippen LogP contribution is -2.12. The van der Waals surface area contributed by atoms with Crippen molar-refractivity contribution in [2.24, 2.45) is 0 Å². The van der Waals surface area contributed by atoms with Gasteiger partial charge in [-0.1, -0.05) is 18.2 Å². The van der Waals surface area contributed by atoms with Gasteiger partial charge in [-0.05, 0) is 24.6 Å². The fourth-order valence-corrected chi connectivity index (χ4v) is 1.58. The molecule has 0 fully saturated rings. The minimum Gasteiger partial charge on any atom is -0.496 e. The van der Waals surface area contributed by atoms with Crippen molar-refractivity contribution in [3.8, 4) is 11.8 Å². The van der Waals surface area contributed by atoms with Crippen LogP contribution < -0.4 is 4.74 Å². The topological polar surface area (TPSA) is 33.0 Å². The molecule has 0 atom stereocenters. The Bertz CT molecular complexity index is 551. The largest absolute Gasteiger partial charge is 0.496 e. The van der Waals surface area contributed by atoms with Crippen molar-refractivity contribution in [3.63, 3.8) is 0 Å². The lowest BCUT2D eigenvalue weighted by atomic mass is 10.0. The van der Waals surface area contributed by atoms with Gasteiger partial charge in [-0.3, -0.25) is 0 Å². The number of methoxy groups -OCH3 is 1. The molecule has 1 rings (SSSR count). The first-order valence-corrected chi connectivity index (χ1v) is 5.38. The van der Waals surface area contributed by atoms with E-state index >= 15 is 0 Å². The number of hydrogen-bond acceptors (Lipinski definition) is 2. The van der Waals surface area contributed by atoms with Crippen molar-refractivity contribution in [2.75, 3.05) is 7.11 Å². The lowest BCUT2D eigenvalue weighted by molar-refractivity contribution is -0.0891. The van der Waals surface area contributed by atoms with Crippen molar-refractivity contribution in [1.82, 2.24) is 0 Å². The number of para-hydroxylation sites is 1. The number of benzene rings is 1. The number of halogens is 3. The van der Waals surface area contributed by atoms with Crippen LogP contribution in [0, 0.1) is 11.3 Å². The molecule has 19 heavy (non-hydrogen) atoms. The molecule has 0 bridgehead atoms. The molecule has 0 spiro atoms. The van der Waals surface area contributed by atoms with Crippen molar-refractivity contribution < 1.29 is 17.9 Å². The Morgan fingerprint density at radius 1 is 1.32 bits per heavy atom. The molecule has 0 radical (unpaired) electrons. The number of alkyl halides is 3. The van der Waals surface area contributed by atoms with Gasteiger partial charge in [-0.25, -0.2) is 0 Å². The van der Waals surface area contributed by atoms with Crippen LogP contribution in [-0.4, -0.2) is 13.3 Å². The smallest absolute Gasteiger partial charge is 0.417 e. The van der Waals surface area contributed by atoms with E-state index in [1.165, 1.54) is 26.2 Å². The third-order valence-corrected chi connectivity index (χ3v) is 2.45. The summed E-state index contributed by atoms with van der Waals surface area (Å²) in [7, 11) is 1.44. The van der Waals surface area contributed by atoms with E-state index in [1.807, 2.05) is 0 Å². The third kappa shape index (κ3) is 3.88. The normalized spacial score (nSPS) is 13.1. The molecular formula is C14H12F3NO. The second kappa shape index (κ2) is 6.10. The molecular weight excluding hydrogens is 255 g/mol. The first-order valence-electron chi connectivity index (χ1n) is 5.38. The van der Waals surface area contributed by atoms with Crippen LogP contribution in [0.25, 0.3) is 6.08 Å². The van der Waals surface area contributed by atoms with E-state index in [-0.39, 0.29) is 5.57 Å². The highest BCUT2D eigenvalue weighted by Gasteiger charge is 2.34. The van der Waals surface area contributed by atoms with E-state index in [0.29, 0.717) is 17.4 Å². The highest BCUT2D eigenvalue weighted by atomic mass is 19.4. The van der Waals surface area contributed by atoms with E-state index < -0.39 is 11.7 Å². The maximum atomic E-state index is 12.8. The average molecular weight is 267 g/mol. The summed E-state index contributed by atoms with van der Waals surface area (Å²) in [6.07, 6.45) is -2.71. The van der Waals surface area contributed by atoms with Gasteiger partial charge in [0.05, 0.1) is 18.8 Å². The fraction of sp³-hybridized carbons (Fsp3) is 0.214. The van der Waals surface area contributed by atoms with Crippen LogP contribution in [0.2, 0.25) is 0 Å². The van der Waals surface area contributed by atoms with E-state index in [9.17, 15) is 13.2 Å². The van der Waals surface area contributed by atoms with Gasteiger partial charge < -0.3 is 4.74 Å². The van der Waals surface area contributed by atoms with Gasteiger partial charge in [0.15, 0.2) is 0 Å². The Labute approximate surface area is 109 Å². The van der Waals surface area contributed by atoms with Crippen LogP contribution in [0.15, 0.2) is 41.5 Å². The van der Waals surface area contributed by atoms with Gasteiger partial charge in [0.1, 0.15) is 5.75 Å². The Morgan fingerprint density at radius 2 is 1.95 bits per heavy atom. The quantitative estimate of drug-likeness (QED) is 0.610. The summed E-state index contributed by atoms with van der Waals surface area (Å²) >= 11 is 0. The highest BCUT2D eigenvalue weighted by molar-refractivity contribution is 5.64. The van der Waals surface area contributed by atoms with Crippen LogP contribution in [0.4, 0.5) is 13.2 Å². The first kappa shape index (κ1) is 14.8. The van der Waals surface area contributed by atoms with Crippen LogP contribution in [0.3, 0.4) is 0 Å². The molecule has 1 aromatic carbocycles. The second-order valence-electron chi connectivity index (χ2n) is 3.75. The molecule has 0 heterocycles. The van der Waals surface area contributed by atoms with Gasteiger partial charge in [-0.2, -0.15) is 18.4 Å². The molecule has 0 aliphatic rings. The zero-order valence-electron chi connectivity index (χ0n) is 10.5. The maximum Gasteiger partial charge on any atom is 0.417 e. The summed E-state index contributed by atoms with van der Waals surface area (Å²) in [5.41, 5.74) is -0.477. The van der Waals surface area contributed by atoms with Crippen molar-refractivity contribution in [3.05, 3.63) is 47.1 Å². The summed E-state index contributed by atoms with van der Waals surface area (Å²) in [5, 5.41) is 8.44. The molecule has 0 unspecified atom stereocenters. The van der Waals surface area contributed by atoms with Gasteiger partial charge in [0.25, 0.3) is 0 Å². The first-order chi connectivity index (χ1) is 8.90. The van der Waals surface area contributed by atoms with Gasteiger partial charge >= 0.3 is 6.18 Å². The average Bonchev–Trinajstić information content (AvgIpc) is 2.35. The minimum atomic E-state index is -4.56.